The number of benzene rings is 1. The van der Waals surface area contributed by atoms with Gasteiger partial charge in [0.1, 0.15) is 11.3 Å². The molecule has 0 N–H and O–H groups in total. The van der Waals surface area contributed by atoms with Crippen LogP contribution in [0.25, 0.3) is 0 Å². The van der Waals surface area contributed by atoms with E-state index in [-0.39, 0.29) is 10.7 Å². The topological polar surface area (TPSA) is 60.2 Å². The van der Waals surface area contributed by atoms with E-state index in [0.717, 1.165) is 0 Å². The number of carbonyl (C=O) groups is 1. The molecular weight excluding hydrogens is 273 g/mol. The molecule has 1 atom stereocenters. The van der Waals surface area contributed by atoms with Gasteiger partial charge in [-0.15, -0.1) is 0 Å². The first-order valence-corrected chi connectivity index (χ1v) is 4.89. The molecule has 1 aromatic rings. The Morgan fingerprint density at radius 3 is 2.71 bits per heavy atom. The van der Waals surface area contributed by atoms with Gasteiger partial charge in [-0.25, -0.2) is 0 Å². The van der Waals surface area contributed by atoms with Crippen LogP contribution in [-0.2, 0) is 4.79 Å². The highest BCUT2D eigenvalue weighted by atomic mass is 79.9. The van der Waals surface area contributed by atoms with Gasteiger partial charge in [0.05, 0.1) is 9.75 Å². The Morgan fingerprint density at radius 1 is 1.57 bits per heavy atom. The molecule has 14 heavy (non-hydrogen) atoms. The van der Waals surface area contributed by atoms with Crippen LogP contribution in [0.3, 0.4) is 0 Å². The lowest BCUT2D eigenvalue weighted by molar-refractivity contribution is -0.384. The molecule has 0 unspecified atom stereocenters. The highest BCUT2D eigenvalue weighted by molar-refractivity contribution is 9.09. The molecule has 0 aromatic heterocycles. The van der Waals surface area contributed by atoms with Crippen LogP contribution in [0.15, 0.2) is 18.2 Å². The number of nitro groups is 1. The fourth-order valence-electron chi connectivity index (χ4n) is 0.920. The van der Waals surface area contributed by atoms with E-state index in [4.69, 9.17) is 11.6 Å². The zero-order chi connectivity index (χ0) is 10.7. The number of rotatable bonds is 3. The summed E-state index contributed by atoms with van der Waals surface area (Å²) < 4.78 is 0. The lowest BCUT2D eigenvalue weighted by Crippen LogP contribution is -1.94. The number of hydrogen-bond donors (Lipinski definition) is 0. The second kappa shape index (κ2) is 4.52. The minimum absolute atomic E-state index is 0.0596. The van der Waals surface area contributed by atoms with Crippen LogP contribution in [0.5, 0.6) is 0 Å². The average Bonchev–Trinajstić information content (AvgIpc) is 2.17. The summed E-state index contributed by atoms with van der Waals surface area (Å²) in [6.07, 6.45) is 0.646. The normalized spacial score (nSPS) is 12.1. The van der Waals surface area contributed by atoms with Gasteiger partial charge in [-0.1, -0.05) is 33.6 Å². The van der Waals surface area contributed by atoms with Crippen molar-refractivity contribution in [2.75, 3.05) is 0 Å². The first-order valence-electron chi connectivity index (χ1n) is 3.59. The molecule has 0 saturated carbocycles. The van der Waals surface area contributed by atoms with Gasteiger partial charge < -0.3 is 4.79 Å². The Morgan fingerprint density at radius 2 is 2.21 bits per heavy atom. The Balaban J connectivity index is 3.19. The standard InChI is InChI=1S/C8H5BrClNO3/c9-6(4-12)5-1-2-7(10)8(3-5)11(13)14/h1-4,6H/t6-/m1/s1. The van der Waals surface area contributed by atoms with Crippen molar-refractivity contribution >= 4 is 39.5 Å². The molecule has 0 aliphatic heterocycles. The van der Waals surface area contributed by atoms with E-state index < -0.39 is 9.75 Å². The molecule has 0 radical (unpaired) electrons. The van der Waals surface area contributed by atoms with E-state index in [0.29, 0.717) is 11.8 Å². The van der Waals surface area contributed by atoms with Crippen molar-refractivity contribution in [1.82, 2.24) is 0 Å². The van der Waals surface area contributed by atoms with Gasteiger partial charge in [0, 0.05) is 6.07 Å². The van der Waals surface area contributed by atoms with Crippen LogP contribution in [0.4, 0.5) is 5.69 Å². The third kappa shape index (κ3) is 2.30. The number of nitro benzene ring substituents is 1. The first kappa shape index (κ1) is 11.1. The summed E-state index contributed by atoms with van der Waals surface area (Å²) in [5.74, 6) is 0. The van der Waals surface area contributed by atoms with Crippen molar-refractivity contribution in [3.63, 3.8) is 0 Å². The van der Waals surface area contributed by atoms with Crippen LogP contribution >= 0.6 is 27.5 Å². The van der Waals surface area contributed by atoms with E-state index in [1.165, 1.54) is 12.1 Å². The molecule has 0 saturated heterocycles. The second-order valence-electron chi connectivity index (χ2n) is 2.51. The summed E-state index contributed by atoms with van der Waals surface area (Å²) in [6.45, 7) is 0. The first-order chi connectivity index (χ1) is 6.56. The Labute approximate surface area is 93.1 Å². The number of aldehydes is 1. The van der Waals surface area contributed by atoms with Gasteiger partial charge in [0.25, 0.3) is 5.69 Å². The molecule has 4 nitrogen and oxygen atoms in total. The van der Waals surface area contributed by atoms with Crippen LogP contribution in [0, 0.1) is 10.1 Å². The largest absolute Gasteiger partial charge is 0.302 e. The zero-order valence-corrected chi connectivity index (χ0v) is 9.16. The molecule has 0 bridgehead atoms. The SMILES string of the molecule is O=C[C@@H](Br)c1ccc(Cl)c([N+](=O)[O-])c1. The molecule has 0 aliphatic carbocycles. The van der Waals surface area contributed by atoms with E-state index in [1.54, 1.807) is 6.07 Å². The molecular formula is C8H5BrClNO3. The molecule has 0 spiro atoms. The fourth-order valence-corrected chi connectivity index (χ4v) is 1.39. The van der Waals surface area contributed by atoms with Gasteiger partial charge in [0.2, 0.25) is 0 Å². The number of hydrogen-bond acceptors (Lipinski definition) is 3. The smallest absolute Gasteiger partial charge is 0.288 e. The molecule has 1 rings (SSSR count). The summed E-state index contributed by atoms with van der Waals surface area (Å²) in [7, 11) is 0. The fraction of sp³-hybridized carbons (Fsp3) is 0.125. The van der Waals surface area contributed by atoms with E-state index >= 15 is 0 Å². The Bertz CT molecular complexity index is 383. The van der Waals surface area contributed by atoms with Gasteiger partial charge in [-0.05, 0) is 11.6 Å². The van der Waals surface area contributed by atoms with Crippen LogP contribution in [-0.4, -0.2) is 11.2 Å². The maximum absolute atomic E-state index is 10.5. The zero-order valence-electron chi connectivity index (χ0n) is 6.81. The Hall–Kier alpha value is -0.940. The van der Waals surface area contributed by atoms with Crippen molar-refractivity contribution in [3.8, 4) is 0 Å². The lowest BCUT2D eigenvalue weighted by atomic mass is 10.1. The Kier molecular flexibility index (Phi) is 3.60. The third-order valence-corrected chi connectivity index (χ3v) is 2.67. The highest BCUT2D eigenvalue weighted by Gasteiger charge is 2.15. The van der Waals surface area contributed by atoms with Crippen molar-refractivity contribution in [2.24, 2.45) is 0 Å². The van der Waals surface area contributed by atoms with E-state index in [1.807, 2.05) is 0 Å². The predicted octanol–water partition coefficient (Wildman–Crippen LogP) is 2.88. The summed E-state index contributed by atoms with van der Waals surface area (Å²) in [5, 5.41) is 10.6. The minimum Gasteiger partial charge on any atom is -0.302 e. The minimum atomic E-state index is -0.587. The van der Waals surface area contributed by atoms with Gasteiger partial charge in [-0.3, -0.25) is 10.1 Å². The van der Waals surface area contributed by atoms with E-state index in [2.05, 4.69) is 15.9 Å². The molecule has 0 amide bonds. The molecule has 0 aliphatic rings. The molecule has 6 heteroatoms. The average molecular weight is 278 g/mol. The van der Waals surface area contributed by atoms with Crippen molar-refractivity contribution in [1.29, 1.82) is 0 Å². The number of carbonyl (C=O) groups excluding carboxylic acids is 1. The van der Waals surface area contributed by atoms with Crippen molar-refractivity contribution in [2.45, 2.75) is 4.83 Å². The molecule has 0 heterocycles. The number of nitrogens with zero attached hydrogens (tertiary/aromatic N) is 1. The third-order valence-electron chi connectivity index (χ3n) is 1.60. The van der Waals surface area contributed by atoms with Gasteiger partial charge >= 0.3 is 0 Å². The van der Waals surface area contributed by atoms with Crippen LogP contribution in [0.2, 0.25) is 5.02 Å². The van der Waals surface area contributed by atoms with E-state index in [9.17, 15) is 14.9 Å². The second-order valence-corrected chi connectivity index (χ2v) is 3.90. The molecule has 0 fully saturated rings. The van der Waals surface area contributed by atoms with Crippen LogP contribution < -0.4 is 0 Å². The number of alkyl halides is 1. The van der Waals surface area contributed by atoms with Gasteiger partial charge in [-0.2, -0.15) is 0 Å². The van der Waals surface area contributed by atoms with Crippen molar-refractivity contribution in [3.05, 3.63) is 38.9 Å². The summed E-state index contributed by atoms with van der Waals surface area (Å²) in [6, 6.07) is 4.23. The molecule has 74 valence electrons. The highest BCUT2D eigenvalue weighted by Crippen LogP contribution is 2.29. The monoisotopic (exact) mass is 277 g/mol. The summed E-state index contributed by atoms with van der Waals surface area (Å²) in [5.41, 5.74) is 0.312. The predicted molar refractivity (Wildman–Crippen MR) is 55.8 cm³/mol. The number of halogens is 2. The van der Waals surface area contributed by atoms with Crippen molar-refractivity contribution < 1.29 is 9.72 Å². The maximum Gasteiger partial charge on any atom is 0.288 e. The lowest BCUT2D eigenvalue weighted by Gasteiger charge is -2.02. The van der Waals surface area contributed by atoms with Crippen LogP contribution in [0.1, 0.15) is 10.4 Å². The molecule has 1 aromatic carbocycles. The summed E-state index contributed by atoms with van der Waals surface area (Å²) >= 11 is 8.65. The summed E-state index contributed by atoms with van der Waals surface area (Å²) in [4.78, 5) is 19.8. The maximum atomic E-state index is 10.5. The quantitative estimate of drug-likeness (QED) is 0.370. The van der Waals surface area contributed by atoms with Gasteiger partial charge in [0.15, 0.2) is 0 Å².